The van der Waals surface area contributed by atoms with Crippen LogP contribution in [0.2, 0.25) is 0 Å². The molecular weight excluding hydrogens is 382 g/mol. The molecule has 1 unspecified atom stereocenters. The molecule has 1 aromatic carbocycles. The van der Waals surface area contributed by atoms with Crippen LogP contribution in [-0.2, 0) is 14.4 Å². The zero-order valence-electron chi connectivity index (χ0n) is 14.5. The second-order valence-corrected chi connectivity index (χ2v) is 6.81. The number of carbonyl (C=O) groups excluding carboxylic acids is 1. The van der Waals surface area contributed by atoms with E-state index in [1.807, 2.05) is 0 Å². The predicted octanol–water partition coefficient (Wildman–Crippen LogP) is 0.274. The number of hydrogen-bond donors (Lipinski definition) is 4. The Morgan fingerprint density at radius 3 is 2.19 bits per heavy atom. The van der Waals surface area contributed by atoms with Crippen LogP contribution in [0, 0.1) is 0 Å². The van der Waals surface area contributed by atoms with Crippen LogP contribution in [-0.4, -0.2) is 75.3 Å². The van der Waals surface area contributed by atoms with Gasteiger partial charge in [0, 0.05) is 13.0 Å². The highest BCUT2D eigenvalue weighted by molar-refractivity contribution is 8.00. The SMILES string of the molecule is COc1cc(C2SCC(=O)N2CCC(O)(C(=O)O)C(=O)O)cc(OC)c1O. The monoisotopic (exact) mass is 401 g/mol. The number of ether oxygens (including phenoxy) is 2. The van der Waals surface area contributed by atoms with Gasteiger partial charge < -0.3 is 34.8 Å². The van der Waals surface area contributed by atoms with E-state index in [1.165, 1.54) is 43.0 Å². The zero-order valence-corrected chi connectivity index (χ0v) is 15.4. The van der Waals surface area contributed by atoms with Crippen LogP contribution < -0.4 is 9.47 Å². The summed E-state index contributed by atoms with van der Waals surface area (Å²) in [5, 5.41) is 37.3. The van der Waals surface area contributed by atoms with Gasteiger partial charge in [0.05, 0.1) is 20.0 Å². The van der Waals surface area contributed by atoms with Crippen LogP contribution in [0.4, 0.5) is 0 Å². The van der Waals surface area contributed by atoms with E-state index in [0.29, 0.717) is 5.56 Å². The van der Waals surface area contributed by atoms with E-state index in [4.69, 9.17) is 19.7 Å². The van der Waals surface area contributed by atoms with Crippen molar-refractivity contribution in [3.8, 4) is 17.2 Å². The molecule has 1 saturated heterocycles. The van der Waals surface area contributed by atoms with Crippen molar-refractivity contribution >= 4 is 29.6 Å². The van der Waals surface area contributed by atoms with Crippen molar-refractivity contribution in [3.05, 3.63) is 17.7 Å². The zero-order chi connectivity index (χ0) is 20.4. The Morgan fingerprint density at radius 1 is 1.22 bits per heavy atom. The predicted molar refractivity (Wildman–Crippen MR) is 93.0 cm³/mol. The molecule has 1 atom stereocenters. The molecule has 1 aromatic rings. The Kier molecular flexibility index (Phi) is 6.06. The molecule has 0 saturated carbocycles. The highest BCUT2D eigenvalue weighted by Gasteiger charge is 2.46. The van der Waals surface area contributed by atoms with Gasteiger partial charge >= 0.3 is 11.9 Å². The highest BCUT2D eigenvalue weighted by atomic mass is 32.2. The minimum Gasteiger partial charge on any atom is -0.502 e. The highest BCUT2D eigenvalue weighted by Crippen LogP contribution is 2.45. The van der Waals surface area contributed by atoms with Crippen molar-refractivity contribution in [1.29, 1.82) is 0 Å². The Morgan fingerprint density at radius 2 is 1.74 bits per heavy atom. The van der Waals surface area contributed by atoms with Crippen LogP contribution >= 0.6 is 11.8 Å². The van der Waals surface area contributed by atoms with Crippen molar-refractivity contribution in [2.75, 3.05) is 26.5 Å². The number of methoxy groups -OCH3 is 2. The van der Waals surface area contributed by atoms with Crippen LogP contribution in [0.25, 0.3) is 0 Å². The number of carboxylic acid groups (broad SMARTS) is 2. The van der Waals surface area contributed by atoms with Crippen molar-refractivity contribution < 1.29 is 44.3 Å². The minimum atomic E-state index is -3.00. The maximum Gasteiger partial charge on any atom is 0.347 e. The van der Waals surface area contributed by atoms with Crippen molar-refractivity contribution in [3.63, 3.8) is 0 Å². The molecule has 4 N–H and O–H groups in total. The molecule has 0 aliphatic carbocycles. The third kappa shape index (κ3) is 3.88. The van der Waals surface area contributed by atoms with Gasteiger partial charge in [0.2, 0.25) is 11.7 Å². The van der Waals surface area contributed by atoms with Gasteiger partial charge in [-0.25, -0.2) is 9.59 Å². The number of aliphatic hydroxyl groups is 1. The standard InChI is InChI=1S/C16H19NO9S/c1-25-9-5-8(6-10(26-2)12(9)19)13-17(11(18)7-27-13)4-3-16(24,14(20)21)15(22)23/h5-6,13,19,24H,3-4,7H2,1-2H3,(H,20,21)(H,22,23). The van der Waals surface area contributed by atoms with Gasteiger partial charge in [0.15, 0.2) is 11.5 Å². The average molecular weight is 401 g/mol. The topological polar surface area (TPSA) is 154 Å². The number of rotatable bonds is 8. The molecule has 27 heavy (non-hydrogen) atoms. The van der Waals surface area contributed by atoms with Gasteiger partial charge in [-0.05, 0) is 17.7 Å². The molecule has 0 radical (unpaired) electrons. The summed E-state index contributed by atoms with van der Waals surface area (Å²) in [5.74, 6) is -4.02. The summed E-state index contributed by atoms with van der Waals surface area (Å²) < 4.78 is 10.2. The Balaban J connectivity index is 2.31. The first-order valence-corrected chi connectivity index (χ1v) is 8.75. The second kappa shape index (κ2) is 7.92. The molecule has 0 aromatic heterocycles. The molecule has 0 spiro atoms. The first-order chi connectivity index (χ1) is 12.7. The Labute approximate surface area is 158 Å². The molecule has 10 nitrogen and oxygen atoms in total. The number of carbonyl (C=O) groups is 3. The maximum atomic E-state index is 12.2. The fourth-order valence-electron chi connectivity index (χ4n) is 2.62. The molecule has 1 amide bonds. The van der Waals surface area contributed by atoms with E-state index in [2.05, 4.69) is 0 Å². The number of nitrogens with zero attached hydrogens (tertiary/aromatic N) is 1. The van der Waals surface area contributed by atoms with Crippen molar-refractivity contribution in [1.82, 2.24) is 4.90 Å². The lowest BCUT2D eigenvalue weighted by Crippen LogP contribution is -2.49. The molecular formula is C16H19NO9S. The second-order valence-electron chi connectivity index (χ2n) is 5.75. The fourth-order valence-corrected chi connectivity index (χ4v) is 3.81. The number of benzene rings is 1. The quantitative estimate of drug-likeness (QED) is 0.446. The number of aromatic hydroxyl groups is 1. The van der Waals surface area contributed by atoms with Crippen LogP contribution in [0.1, 0.15) is 17.4 Å². The van der Waals surface area contributed by atoms with E-state index in [9.17, 15) is 24.6 Å². The number of thioether (sulfide) groups is 1. The lowest BCUT2D eigenvalue weighted by atomic mass is 10.00. The van der Waals surface area contributed by atoms with Gasteiger partial charge in [-0.3, -0.25) is 4.79 Å². The fraction of sp³-hybridized carbons (Fsp3) is 0.438. The van der Waals surface area contributed by atoms with E-state index < -0.39 is 29.3 Å². The van der Waals surface area contributed by atoms with Crippen molar-refractivity contribution in [2.24, 2.45) is 0 Å². The largest absolute Gasteiger partial charge is 0.502 e. The summed E-state index contributed by atoms with van der Waals surface area (Å²) in [6, 6.07) is 3.00. The minimum absolute atomic E-state index is 0.0920. The Bertz CT molecular complexity index is 727. The number of phenolic OH excluding ortho intramolecular Hbond substituents is 1. The van der Waals surface area contributed by atoms with Gasteiger partial charge in [-0.1, -0.05) is 0 Å². The average Bonchev–Trinajstić information content (AvgIpc) is 3.00. The number of amides is 1. The van der Waals surface area contributed by atoms with Crippen LogP contribution in [0.15, 0.2) is 12.1 Å². The number of aliphatic carboxylic acids is 2. The molecule has 2 rings (SSSR count). The lowest BCUT2D eigenvalue weighted by Gasteiger charge is -2.27. The third-order valence-corrected chi connectivity index (χ3v) is 5.43. The first-order valence-electron chi connectivity index (χ1n) is 7.70. The third-order valence-electron chi connectivity index (χ3n) is 4.18. The summed E-state index contributed by atoms with van der Waals surface area (Å²) in [6.45, 7) is -0.295. The van der Waals surface area contributed by atoms with E-state index in [0.717, 1.165) is 0 Å². The number of carboxylic acids is 2. The van der Waals surface area contributed by atoms with Crippen LogP contribution in [0.3, 0.4) is 0 Å². The van der Waals surface area contributed by atoms with Crippen molar-refractivity contribution in [2.45, 2.75) is 17.4 Å². The lowest BCUT2D eigenvalue weighted by molar-refractivity contribution is -0.177. The summed E-state index contributed by atoms with van der Waals surface area (Å²) in [4.78, 5) is 35.7. The van der Waals surface area contributed by atoms with Gasteiger partial charge in [0.25, 0.3) is 5.60 Å². The summed E-state index contributed by atoms with van der Waals surface area (Å²) in [5.41, 5.74) is -2.46. The molecule has 0 bridgehead atoms. The molecule has 11 heteroatoms. The van der Waals surface area contributed by atoms with E-state index >= 15 is 0 Å². The maximum absolute atomic E-state index is 12.2. The number of hydrogen-bond acceptors (Lipinski definition) is 8. The molecule has 148 valence electrons. The smallest absolute Gasteiger partial charge is 0.347 e. The number of phenols is 1. The van der Waals surface area contributed by atoms with Gasteiger partial charge in [-0.2, -0.15) is 0 Å². The van der Waals surface area contributed by atoms with Gasteiger partial charge in [0.1, 0.15) is 5.37 Å². The van der Waals surface area contributed by atoms with Crippen LogP contribution in [0.5, 0.6) is 17.2 Å². The first kappa shape index (κ1) is 20.6. The molecule has 1 aliphatic heterocycles. The summed E-state index contributed by atoms with van der Waals surface area (Å²) >= 11 is 1.23. The normalized spacial score (nSPS) is 17.1. The van der Waals surface area contributed by atoms with E-state index in [1.54, 1.807) is 0 Å². The summed E-state index contributed by atoms with van der Waals surface area (Å²) in [7, 11) is 2.70. The van der Waals surface area contributed by atoms with Gasteiger partial charge in [-0.15, -0.1) is 11.8 Å². The van der Waals surface area contributed by atoms with E-state index in [-0.39, 0.29) is 35.5 Å². The summed E-state index contributed by atoms with van der Waals surface area (Å²) in [6.07, 6.45) is -0.688. The Hall–Kier alpha value is -2.66. The molecule has 1 heterocycles. The molecule has 1 aliphatic rings. The molecule has 1 fully saturated rings.